The molecule has 0 aromatic carbocycles. The van der Waals surface area contributed by atoms with E-state index < -0.39 is 0 Å². The first-order chi connectivity index (χ1) is 8.04. The molecule has 1 saturated carbocycles. The summed E-state index contributed by atoms with van der Waals surface area (Å²) in [5.41, 5.74) is 5.76. The summed E-state index contributed by atoms with van der Waals surface area (Å²) < 4.78 is 0. The van der Waals surface area contributed by atoms with Crippen LogP contribution >= 0.6 is 23.2 Å². The molecule has 2 rings (SSSR count). The van der Waals surface area contributed by atoms with Crippen molar-refractivity contribution >= 4 is 34.9 Å². The second-order valence-corrected chi connectivity index (χ2v) is 4.83. The third-order valence-electron chi connectivity index (χ3n) is 2.76. The highest BCUT2D eigenvalue weighted by Crippen LogP contribution is 2.25. The van der Waals surface area contributed by atoms with E-state index in [4.69, 9.17) is 28.9 Å². The first-order valence-electron chi connectivity index (χ1n) is 5.31. The summed E-state index contributed by atoms with van der Waals surface area (Å²) in [4.78, 5) is 19.4. The Balaban J connectivity index is 2.03. The SMILES string of the molecule is NC1CCC(C(=O)Nc2cc(Cl)nc(Cl)n2)C1. The fourth-order valence-corrected chi connectivity index (χ4v) is 2.35. The van der Waals surface area contributed by atoms with E-state index in [0.717, 1.165) is 12.8 Å². The molecule has 1 heterocycles. The van der Waals surface area contributed by atoms with Gasteiger partial charge in [-0.3, -0.25) is 4.79 Å². The summed E-state index contributed by atoms with van der Waals surface area (Å²) >= 11 is 11.3. The molecule has 0 bridgehead atoms. The zero-order valence-electron chi connectivity index (χ0n) is 8.99. The van der Waals surface area contributed by atoms with Gasteiger partial charge in [0, 0.05) is 18.0 Å². The number of hydrogen-bond donors (Lipinski definition) is 2. The van der Waals surface area contributed by atoms with Crippen LogP contribution in [-0.2, 0) is 4.79 Å². The lowest BCUT2D eigenvalue weighted by Gasteiger charge is -2.10. The normalized spacial score (nSPS) is 23.7. The number of nitrogens with zero attached hydrogens (tertiary/aromatic N) is 2. The lowest BCUT2D eigenvalue weighted by atomic mass is 10.1. The quantitative estimate of drug-likeness (QED) is 0.637. The summed E-state index contributed by atoms with van der Waals surface area (Å²) in [6, 6.07) is 1.57. The highest BCUT2D eigenvalue weighted by Gasteiger charge is 2.28. The number of carbonyl (C=O) groups is 1. The fraction of sp³-hybridized carbons (Fsp3) is 0.500. The van der Waals surface area contributed by atoms with Crippen LogP contribution in [0.25, 0.3) is 0 Å². The van der Waals surface area contributed by atoms with Gasteiger partial charge in [-0.05, 0) is 30.9 Å². The van der Waals surface area contributed by atoms with E-state index >= 15 is 0 Å². The Morgan fingerprint density at radius 2 is 2.18 bits per heavy atom. The first-order valence-corrected chi connectivity index (χ1v) is 6.06. The fourth-order valence-electron chi connectivity index (χ4n) is 1.94. The molecule has 1 amide bonds. The van der Waals surface area contributed by atoms with Gasteiger partial charge < -0.3 is 11.1 Å². The number of aromatic nitrogens is 2. The van der Waals surface area contributed by atoms with E-state index in [1.165, 1.54) is 6.07 Å². The number of amides is 1. The third-order valence-corrected chi connectivity index (χ3v) is 3.13. The van der Waals surface area contributed by atoms with E-state index in [-0.39, 0.29) is 28.3 Å². The van der Waals surface area contributed by atoms with Crippen molar-refractivity contribution in [3.63, 3.8) is 0 Å². The van der Waals surface area contributed by atoms with Gasteiger partial charge in [0.1, 0.15) is 11.0 Å². The zero-order valence-corrected chi connectivity index (χ0v) is 10.5. The molecule has 92 valence electrons. The van der Waals surface area contributed by atoms with Crippen molar-refractivity contribution in [2.24, 2.45) is 11.7 Å². The molecule has 3 N–H and O–H groups in total. The van der Waals surface area contributed by atoms with Crippen LogP contribution < -0.4 is 11.1 Å². The standard InChI is InChI=1S/C10H12Cl2N4O/c11-7-4-8(16-10(12)14-7)15-9(17)5-1-2-6(13)3-5/h4-6H,1-3,13H2,(H,14,15,16,17). The van der Waals surface area contributed by atoms with Crippen molar-refractivity contribution in [3.05, 3.63) is 16.5 Å². The third kappa shape index (κ3) is 3.28. The van der Waals surface area contributed by atoms with Crippen molar-refractivity contribution in [2.45, 2.75) is 25.3 Å². The smallest absolute Gasteiger partial charge is 0.228 e. The molecule has 1 aromatic heterocycles. The summed E-state index contributed by atoms with van der Waals surface area (Å²) in [5, 5.41) is 2.88. The Morgan fingerprint density at radius 1 is 1.41 bits per heavy atom. The van der Waals surface area contributed by atoms with Crippen LogP contribution in [-0.4, -0.2) is 21.9 Å². The van der Waals surface area contributed by atoms with Gasteiger partial charge in [0.15, 0.2) is 0 Å². The number of nitrogens with one attached hydrogen (secondary N) is 1. The molecule has 0 aliphatic heterocycles. The summed E-state index contributed by atoms with van der Waals surface area (Å²) in [6.45, 7) is 0. The van der Waals surface area contributed by atoms with Crippen LogP contribution in [0.3, 0.4) is 0 Å². The van der Waals surface area contributed by atoms with Crippen LogP contribution in [0.1, 0.15) is 19.3 Å². The van der Waals surface area contributed by atoms with E-state index in [9.17, 15) is 4.79 Å². The number of carbonyl (C=O) groups excluding carboxylic acids is 1. The average molecular weight is 275 g/mol. The topological polar surface area (TPSA) is 80.9 Å². The Bertz CT molecular complexity index is 420. The number of halogens is 2. The molecular formula is C10H12Cl2N4O. The summed E-state index contributed by atoms with van der Waals surface area (Å²) in [6.07, 6.45) is 2.39. The van der Waals surface area contributed by atoms with E-state index in [1.807, 2.05) is 0 Å². The predicted octanol–water partition coefficient (Wildman–Crippen LogP) is 1.85. The van der Waals surface area contributed by atoms with E-state index in [0.29, 0.717) is 12.2 Å². The van der Waals surface area contributed by atoms with Gasteiger partial charge in [0.25, 0.3) is 0 Å². The zero-order chi connectivity index (χ0) is 12.4. The van der Waals surface area contributed by atoms with Gasteiger partial charge in [-0.15, -0.1) is 0 Å². The van der Waals surface area contributed by atoms with Gasteiger partial charge in [0.2, 0.25) is 11.2 Å². The maximum absolute atomic E-state index is 11.9. The van der Waals surface area contributed by atoms with Gasteiger partial charge in [-0.2, -0.15) is 0 Å². The highest BCUT2D eigenvalue weighted by atomic mass is 35.5. The first kappa shape index (κ1) is 12.5. The lowest BCUT2D eigenvalue weighted by Crippen LogP contribution is -2.23. The largest absolute Gasteiger partial charge is 0.328 e. The lowest BCUT2D eigenvalue weighted by molar-refractivity contribution is -0.119. The van der Waals surface area contributed by atoms with Crippen molar-refractivity contribution in [1.82, 2.24) is 9.97 Å². The minimum absolute atomic E-state index is 0.0101. The number of rotatable bonds is 2. The van der Waals surface area contributed by atoms with Crippen LogP contribution in [0.4, 0.5) is 5.82 Å². The van der Waals surface area contributed by atoms with Gasteiger partial charge in [0.05, 0.1) is 0 Å². The number of anilines is 1. The van der Waals surface area contributed by atoms with Crippen LogP contribution in [0.2, 0.25) is 10.4 Å². The molecule has 1 aliphatic rings. The van der Waals surface area contributed by atoms with E-state index in [1.54, 1.807) is 0 Å². The molecule has 17 heavy (non-hydrogen) atoms. The molecule has 1 fully saturated rings. The van der Waals surface area contributed by atoms with Crippen molar-refractivity contribution in [3.8, 4) is 0 Å². The Labute approximate surface area is 109 Å². The molecular weight excluding hydrogens is 263 g/mol. The van der Waals surface area contributed by atoms with E-state index in [2.05, 4.69) is 15.3 Å². The van der Waals surface area contributed by atoms with Crippen molar-refractivity contribution in [1.29, 1.82) is 0 Å². The van der Waals surface area contributed by atoms with Crippen molar-refractivity contribution < 1.29 is 4.79 Å². The molecule has 1 aromatic rings. The highest BCUT2D eigenvalue weighted by molar-refractivity contribution is 6.32. The molecule has 5 nitrogen and oxygen atoms in total. The molecule has 0 spiro atoms. The second kappa shape index (κ2) is 5.16. The van der Waals surface area contributed by atoms with Crippen LogP contribution in [0.5, 0.6) is 0 Å². The number of nitrogens with two attached hydrogens (primary N) is 1. The van der Waals surface area contributed by atoms with Crippen molar-refractivity contribution in [2.75, 3.05) is 5.32 Å². The Hall–Kier alpha value is -0.910. The minimum Gasteiger partial charge on any atom is -0.328 e. The molecule has 2 atom stereocenters. The minimum atomic E-state index is -0.0937. The predicted molar refractivity (Wildman–Crippen MR) is 66.0 cm³/mol. The molecule has 7 heteroatoms. The number of hydrogen-bond acceptors (Lipinski definition) is 4. The monoisotopic (exact) mass is 274 g/mol. The van der Waals surface area contributed by atoms with Gasteiger partial charge >= 0.3 is 0 Å². The molecule has 1 aliphatic carbocycles. The summed E-state index contributed by atoms with van der Waals surface area (Å²) in [5.74, 6) is 0.168. The second-order valence-electron chi connectivity index (χ2n) is 4.10. The maximum Gasteiger partial charge on any atom is 0.228 e. The van der Waals surface area contributed by atoms with Crippen LogP contribution in [0.15, 0.2) is 6.07 Å². The Morgan fingerprint density at radius 3 is 2.76 bits per heavy atom. The molecule has 0 radical (unpaired) electrons. The summed E-state index contributed by atoms with van der Waals surface area (Å²) in [7, 11) is 0. The molecule has 2 unspecified atom stereocenters. The van der Waals surface area contributed by atoms with Gasteiger partial charge in [-0.1, -0.05) is 11.6 Å². The Kier molecular flexibility index (Phi) is 3.81. The molecule has 0 saturated heterocycles. The van der Waals surface area contributed by atoms with Gasteiger partial charge in [-0.25, -0.2) is 9.97 Å². The average Bonchev–Trinajstić information content (AvgIpc) is 2.63. The van der Waals surface area contributed by atoms with Crippen LogP contribution in [0, 0.1) is 5.92 Å². The maximum atomic E-state index is 11.9.